The summed E-state index contributed by atoms with van der Waals surface area (Å²) in [6, 6.07) is 13.9. The van der Waals surface area contributed by atoms with E-state index in [1.165, 1.54) is 0 Å². The number of hydrogen-bond donors (Lipinski definition) is 0. The predicted octanol–water partition coefficient (Wildman–Crippen LogP) is 5.43. The van der Waals surface area contributed by atoms with Gasteiger partial charge in [0.05, 0.1) is 49.3 Å². The minimum absolute atomic E-state index is 0.155. The van der Waals surface area contributed by atoms with E-state index < -0.39 is 7.60 Å². The third-order valence-corrected chi connectivity index (χ3v) is 7.01. The van der Waals surface area contributed by atoms with Gasteiger partial charge in [-0.3, -0.25) is 9.25 Å². The summed E-state index contributed by atoms with van der Waals surface area (Å²) >= 11 is 1.65. The molecule has 0 N–H and O–H groups in total. The normalized spacial score (nSPS) is 11.7. The number of methoxy groups -OCH3 is 1. The lowest BCUT2D eigenvalue weighted by atomic mass is 10.2. The second-order valence-electron chi connectivity index (χ2n) is 6.11. The number of benzene rings is 1. The number of nitrogens with zero attached hydrogens (tertiary/aromatic N) is 2. The van der Waals surface area contributed by atoms with Crippen molar-refractivity contribution >= 4 is 18.9 Å². The van der Waals surface area contributed by atoms with Crippen molar-refractivity contribution in [3.8, 4) is 16.3 Å². The zero-order chi connectivity index (χ0) is 20.0. The zero-order valence-electron chi connectivity index (χ0n) is 16.3. The summed E-state index contributed by atoms with van der Waals surface area (Å²) in [7, 11) is -1.56. The van der Waals surface area contributed by atoms with Crippen LogP contribution in [0.3, 0.4) is 0 Å². The Morgan fingerprint density at radius 1 is 1.11 bits per heavy atom. The molecule has 0 aliphatic heterocycles. The van der Waals surface area contributed by atoms with E-state index in [-0.39, 0.29) is 6.16 Å². The Morgan fingerprint density at radius 3 is 2.39 bits per heavy atom. The van der Waals surface area contributed by atoms with Crippen molar-refractivity contribution in [2.24, 2.45) is 0 Å². The lowest BCUT2D eigenvalue weighted by Gasteiger charge is -2.15. The number of ether oxygens (including phenoxy) is 1. The summed E-state index contributed by atoms with van der Waals surface area (Å²) in [5.41, 5.74) is 2.79. The van der Waals surface area contributed by atoms with Gasteiger partial charge >= 0.3 is 7.60 Å². The highest BCUT2D eigenvalue weighted by molar-refractivity contribution is 7.53. The molecule has 0 aliphatic rings. The van der Waals surface area contributed by atoms with Crippen molar-refractivity contribution in [1.29, 1.82) is 0 Å². The number of aromatic nitrogens is 2. The van der Waals surface area contributed by atoms with Crippen LogP contribution in [0, 0.1) is 0 Å². The fourth-order valence-electron chi connectivity index (χ4n) is 2.91. The second kappa shape index (κ2) is 9.52. The molecule has 0 radical (unpaired) electrons. The third kappa shape index (κ3) is 5.11. The fraction of sp³-hybridized carbons (Fsp3) is 0.350. The highest BCUT2D eigenvalue weighted by Gasteiger charge is 2.26. The van der Waals surface area contributed by atoms with E-state index >= 15 is 0 Å². The van der Waals surface area contributed by atoms with Crippen LogP contribution in [0.4, 0.5) is 0 Å². The van der Waals surface area contributed by atoms with Crippen LogP contribution in [0.5, 0.6) is 5.75 Å². The smallest absolute Gasteiger partial charge is 0.336 e. The molecule has 150 valence electrons. The monoisotopic (exact) mass is 420 g/mol. The average molecular weight is 420 g/mol. The molecule has 0 saturated heterocycles. The van der Waals surface area contributed by atoms with Crippen molar-refractivity contribution in [1.82, 2.24) is 9.78 Å². The molecule has 0 unspecified atom stereocenters. The van der Waals surface area contributed by atoms with Gasteiger partial charge in [0.1, 0.15) is 5.75 Å². The van der Waals surface area contributed by atoms with Gasteiger partial charge in [-0.2, -0.15) is 5.10 Å². The Labute approximate surface area is 169 Å². The molecule has 0 bridgehead atoms. The van der Waals surface area contributed by atoms with Crippen molar-refractivity contribution in [2.45, 2.75) is 26.6 Å². The molecule has 0 fully saturated rings. The first kappa shape index (κ1) is 20.8. The molecule has 8 heteroatoms. The minimum Gasteiger partial charge on any atom is -0.497 e. The summed E-state index contributed by atoms with van der Waals surface area (Å²) in [4.78, 5) is 1.11. The van der Waals surface area contributed by atoms with Gasteiger partial charge in [-0.1, -0.05) is 18.2 Å². The first-order chi connectivity index (χ1) is 13.6. The van der Waals surface area contributed by atoms with Crippen LogP contribution in [0.25, 0.3) is 10.6 Å². The largest absolute Gasteiger partial charge is 0.497 e. The van der Waals surface area contributed by atoms with Gasteiger partial charge in [0, 0.05) is 0 Å². The molecular formula is C20H25N2O4PS. The molecule has 3 rings (SSSR count). The Balaban J connectivity index is 1.90. The van der Waals surface area contributed by atoms with E-state index in [4.69, 9.17) is 18.9 Å². The fourth-order valence-corrected chi connectivity index (χ4v) is 5.26. The van der Waals surface area contributed by atoms with Crippen molar-refractivity contribution < 1.29 is 18.3 Å². The molecule has 0 atom stereocenters. The maximum absolute atomic E-state index is 12.9. The lowest BCUT2D eigenvalue weighted by Crippen LogP contribution is -2.05. The van der Waals surface area contributed by atoms with E-state index in [2.05, 4.69) is 6.07 Å². The van der Waals surface area contributed by atoms with Crippen LogP contribution in [-0.2, 0) is 26.3 Å². The van der Waals surface area contributed by atoms with Crippen LogP contribution in [0.1, 0.15) is 25.1 Å². The highest BCUT2D eigenvalue weighted by Crippen LogP contribution is 2.51. The van der Waals surface area contributed by atoms with Crippen molar-refractivity contribution in [3.05, 3.63) is 59.1 Å². The topological polar surface area (TPSA) is 62.6 Å². The highest BCUT2D eigenvalue weighted by atomic mass is 32.1. The molecule has 2 heterocycles. The standard InChI is InChI=1S/C20H25N2O4PS/c1-4-25-27(23,26-5-2)15-17-13-19(20-7-6-12-28-20)22(21-17)14-16-8-10-18(24-3)11-9-16/h6-13H,4-5,14-15H2,1-3H3. The summed E-state index contributed by atoms with van der Waals surface area (Å²) in [5.74, 6) is 0.817. The van der Waals surface area contributed by atoms with Gasteiger partial charge in [-0.05, 0) is 49.1 Å². The number of thiophene rings is 1. The molecule has 28 heavy (non-hydrogen) atoms. The van der Waals surface area contributed by atoms with Gasteiger partial charge in [0.2, 0.25) is 0 Å². The maximum atomic E-state index is 12.9. The van der Waals surface area contributed by atoms with E-state index in [9.17, 15) is 4.57 Å². The summed E-state index contributed by atoms with van der Waals surface area (Å²) in [6.07, 6.45) is 0.155. The summed E-state index contributed by atoms with van der Waals surface area (Å²) in [6.45, 7) is 4.89. The van der Waals surface area contributed by atoms with Gasteiger partial charge < -0.3 is 13.8 Å². The minimum atomic E-state index is -3.21. The van der Waals surface area contributed by atoms with Gasteiger partial charge in [-0.15, -0.1) is 11.3 Å². The predicted molar refractivity (Wildman–Crippen MR) is 112 cm³/mol. The van der Waals surface area contributed by atoms with Crippen molar-refractivity contribution in [3.63, 3.8) is 0 Å². The van der Waals surface area contributed by atoms with Crippen LogP contribution in [-0.4, -0.2) is 30.1 Å². The quantitative estimate of drug-likeness (QED) is 0.409. The molecule has 6 nitrogen and oxygen atoms in total. The van der Waals surface area contributed by atoms with E-state index in [1.54, 1.807) is 18.4 Å². The first-order valence-electron chi connectivity index (χ1n) is 9.18. The number of rotatable bonds is 10. The molecular weight excluding hydrogens is 395 g/mol. The molecule has 3 aromatic rings. The Morgan fingerprint density at radius 2 is 1.82 bits per heavy atom. The maximum Gasteiger partial charge on any atom is 0.336 e. The SMILES string of the molecule is CCOP(=O)(Cc1cc(-c2cccs2)n(Cc2ccc(OC)cc2)n1)OCC. The van der Waals surface area contributed by atoms with Crippen LogP contribution >= 0.6 is 18.9 Å². The molecule has 0 amide bonds. The van der Waals surface area contributed by atoms with Crippen LogP contribution in [0.2, 0.25) is 0 Å². The van der Waals surface area contributed by atoms with Gasteiger partial charge in [-0.25, -0.2) is 0 Å². The van der Waals surface area contributed by atoms with Crippen LogP contribution in [0.15, 0.2) is 47.8 Å². The first-order valence-corrected chi connectivity index (χ1v) is 11.8. The molecule has 0 spiro atoms. The second-order valence-corrected chi connectivity index (χ2v) is 9.11. The third-order valence-electron chi connectivity index (χ3n) is 4.10. The molecule has 2 aromatic heterocycles. The van der Waals surface area contributed by atoms with E-state index in [0.29, 0.717) is 25.5 Å². The molecule has 1 aromatic carbocycles. The van der Waals surface area contributed by atoms with Gasteiger partial charge in [0.15, 0.2) is 0 Å². The summed E-state index contributed by atoms with van der Waals surface area (Å²) in [5, 5.41) is 6.75. The van der Waals surface area contributed by atoms with E-state index in [0.717, 1.165) is 21.9 Å². The van der Waals surface area contributed by atoms with Crippen molar-refractivity contribution in [2.75, 3.05) is 20.3 Å². The molecule has 0 saturated carbocycles. The lowest BCUT2D eigenvalue weighted by molar-refractivity contribution is 0.219. The van der Waals surface area contributed by atoms with E-state index in [1.807, 2.05) is 60.3 Å². The number of hydrogen-bond acceptors (Lipinski definition) is 6. The Kier molecular flexibility index (Phi) is 7.08. The molecule has 0 aliphatic carbocycles. The summed E-state index contributed by atoms with van der Waals surface area (Å²) < 4.78 is 30.9. The van der Waals surface area contributed by atoms with Crippen LogP contribution < -0.4 is 4.74 Å². The Bertz CT molecular complexity index is 912. The zero-order valence-corrected chi connectivity index (χ0v) is 18.0. The average Bonchev–Trinajstić information content (AvgIpc) is 3.32. The van der Waals surface area contributed by atoms with Gasteiger partial charge in [0.25, 0.3) is 0 Å². The Hall–Kier alpha value is -1.92.